The first kappa shape index (κ1) is 56.0. The molecule has 0 radical (unpaired) electrons. The minimum absolute atomic E-state index is 0. The van der Waals surface area contributed by atoms with E-state index in [9.17, 15) is 0 Å². The van der Waals surface area contributed by atoms with Crippen molar-refractivity contribution in [1.82, 2.24) is 0 Å². The van der Waals surface area contributed by atoms with Gasteiger partial charge in [0.2, 0.25) is 0 Å². The smallest absolute Gasteiger partial charge is 1.00 e. The van der Waals surface area contributed by atoms with Crippen LogP contribution in [0.15, 0.2) is 0 Å². The van der Waals surface area contributed by atoms with Crippen LogP contribution in [0.5, 0.6) is 0 Å². The van der Waals surface area contributed by atoms with Gasteiger partial charge in [-0.2, -0.15) is 0 Å². The first-order valence-corrected chi connectivity index (χ1v) is 0. The fourth-order valence-electron chi connectivity index (χ4n) is 0. The largest absolute Gasteiger partial charge is 2.00 e. The average molecular weight is 170 g/mol. The van der Waals surface area contributed by atoms with Crippen molar-refractivity contribution in [2.24, 2.45) is 0 Å². The predicted octanol–water partition coefficient (Wildman–Crippen LogP) is -3.53. The van der Waals surface area contributed by atoms with Gasteiger partial charge in [0.25, 0.3) is 0 Å². The van der Waals surface area contributed by atoms with Crippen LogP contribution in [-0.4, -0.2) is 114 Å². The molecule has 32 valence electrons. The Balaban J connectivity index is 0. The van der Waals surface area contributed by atoms with Crippen molar-refractivity contribution in [3.63, 3.8) is 0 Å². The van der Waals surface area contributed by atoms with E-state index in [0.29, 0.717) is 0 Å². The van der Waals surface area contributed by atoms with Gasteiger partial charge in [-0.15, -0.1) is 0 Å². The molecule has 0 heterocycles. The van der Waals surface area contributed by atoms with E-state index in [-0.39, 0.29) is 126 Å². The fourth-order valence-corrected chi connectivity index (χ4v) is 0. The van der Waals surface area contributed by atoms with Crippen LogP contribution in [0.4, 0.5) is 0 Å². The minimum Gasteiger partial charge on any atom is -1.00 e. The molecule has 0 saturated heterocycles. The molecular formula is H16Mg4Si2. The molecule has 0 bridgehead atoms. The van der Waals surface area contributed by atoms with Crippen LogP contribution >= 0.6 is 0 Å². The quantitative estimate of drug-likeness (QED) is 0.330. The van der Waals surface area contributed by atoms with Gasteiger partial charge in [0.05, 0.1) is 0 Å². The Morgan fingerprint density at radius 3 is 0.500 bits per heavy atom. The predicted molar refractivity (Wildman–Crippen MR) is 54.6 cm³/mol. The SMILES string of the molecule is [H-].[H-].[H-].[H-].[H-].[H-].[H-].[H-].[Mg+2].[Mg+2].[Mg+2].[Mg+2].[SiH4].[SiH4]. The third kappa shape index (κ3) is 25.9. The zero-order valence-corrected chi connectivity index (χ0v) is 8.49. The third-order valence-corrected chi connectivity index (χ3v) is 0. The molecule has 0 amide bonds. The standard InChI is InChI=1S/4Mg.2H4Si.8H/h;;;;2*1H4;;;;;;;;/q4*+2;;;8*-1. The first-order valence-electron chi connectivity index (χ1n) is 0. The monoisotopic (exact) mass is 168 g/mol. The molecule has 0 aromatic rings. The second kappa shape index (κ2) is 39.0. The number of hydrogen-bond donors (Lipinski definition) is 0. The van der Waals surface area contributed by atoms with E-state index >= 15 is 0 Å². The van der Waals surface area contributed by atoms with E-state index in [0.717, 1.165) is 0 Å². The Labute approximate surface area is 124 Å². The Hall–Kier alpha value is 3.50. The van der Waals surface area contributed by atoms with Crippen molar-refractivity contribution in [2.45, 2.75) is 0 Å². The molecule has 0 atom stereocenters. The van der Waals surface area contributed by atoms with Crippen LogP contribution in [-0.2, 0) is 0 Å². The van der Waals surface area contributed by atoms with Gasteiger partial charge in [-0.1, -0.05) is 0 Å². The summed E-state index contributed by atoms with van der Waals surface area (Å²) >= 11 is 0. The van der Waals surface area contributed by atoms with Gasteiger partial charge in [0, 0.05) is 0 Å². The molecule has 0 saturated carbocycles. The van der Waals surface area contributed by atoms with Crippen LogP contribution in [0.1, 0.15) is 11.4 Å². The summed E-state index contributed by atoms with van der Waals surface area (Å²) in [7, 11) is 0. The molecule has 0 aromatic heterocycles. The summed E-state index contributed by atoms with van der Waals surface area (Å²) in [6.45, 7) is 0. The summed E-state index contributed by atoms with van der Waals surface area (Å²) in [5, 5.41) is 0. The summed E-state index contributed by atoms with van der Waals surface area (Å²) in [4.78, 5) is 0. The summed E-state index contributed by atoms with van der Waals surface area (Å²) in [5.74, 6) is 0. The Morgan fingerprint density at radius 1 is 0.500 bits per heavy atom. The normalized spacial score (nSPS) is 0. The maximum absolute atomic E-state index is 0. The molecule has 6 heavy (non-hydrogen) atoms. The average Bonchev–Trinajstić information content (AvgIpc) is 0. The Kier molecular flexibility index (Phi) is 365. The molecule has 0 nitrogen and oxygen atoms in total. The zero-order valence-electron chi connectivity index (χ0n) is 10.8. The molecule has 0 rings (SSSR count). The summed E-state index contributed by atoms with van der Waals surface area (Å²) < 4.78 is 0. The number of hydrogen-bond acceptors (Lipinski definition) is 0. The van der Waals surface area contributed by atoms with Crippen molar-refractivity contribution in [2.75, 3.05) is 0 Å². The molecule has 6 heteroatoms. The second-order valence-corrected chi connectivity index (χ2v) is 0. The molecule has 0 spiro atoms. The van der Waals surface area contributed by atoms with Crippen molar-refractivity contribution < 1.29 is 11.4 Å². The van der Waals surface area contributed by atoms with Crippen molar-refractivity contribution in [1.29, 1.82) is 0 Å². The molecule has 0 fully saturated rings. The number of rotatable bonds is 0. The van der Waals surface area contributed by atoms with E-state index in [1.807, 2.05) is 0 Å². The van der Waals surface area contributed by atoms with Gasteiger partial charge in [0.1, 0.15) is 0 Å². The van der Waals surface area contributed by atoms with Crippen LogP contribution in [0.2, 0.25) is 0 Å². The second-order valence-electron chi connectivity index (χ2n) is 0. The van der Waals surface area contributed by atoms with Crippen molar-refractivity contribution in [3.05, 3.63) is 0 Å². The van der Waals surface area contributed by atoms with E-state index in [4.69, 9.17) is 0 Å². The van der Waals surface area contributed by atoms with Crippen molar-refractivity contribution in [3.8, 4) is 0 Å². The molecule has 0 N–H and O–H groups in total. The zero-order chi connectivity index (χ0) is 0. The van der Waals surface area contributed by atoms with Crippen LogP contribution in [0.3, 0.4) is 0 Å². The van der Waals surface area contributed by atoms with E-state index in [2.05, 4.69) is 0 Å². The molecule has 0 aliphatic heterocycles. The Morgan fingerprint density at radius 2 is 0.500 bits per heavy atom. The van der Waals surface area contributed by atoms with Crippen LogP contribution < -0.4 is 0 Å². The summed E-state index contributed by atoms with van der Waals surface area (Å²) in [6.07, 6.45) is 0. The molecule has 0 aliphatic rings. The molecule has 0 aromatic carbocycles. The van der Waals surface area contributed by atoms with E-state index in [1.54, 1.807) is 0 Å². The van der Waals surface area contributed by atoms with Gasteiger partial charge in [-0.05, 0) is 21.9 Å². The minimum atomic E-state index is 0. The van der Waals surface area contributed by atoms with Crippen LogP contribution in [0.25, 0.3) is 0 Å². The third-order valence-electron chi connectivity index (χ3n) is 0. The molecular weight excluding hydrogens is 153 g/mol. The van der Waals surface area contributed by atoms with Crippen molar-refractivity contribution >= 4 is 114 Å². The molecule has 0 unspecified atom stereocenters. The molecule has 0 aliphatic carbocycles. The van der Waals surface area contributed by atoms with E-state index in [1.165, 1.54) is 0 Å². The summed E-state index contributed by atoms with van der Waals surface area (Å²) in [6, 6.07) is 0. The van der Waals surface area contributed by atoms with Gasteiger partial charge < -0.3 is 11.4 Å². The Bertz CT molecular complexity index is 19.3. The van der Waals surface area contributed by atoms with E-state index < -0.39 is 0 Å². The maximum Gasteiger partial charge on any atom is 2.00 e. The fraction of sp³-hybridized carbons (Fsp3) is 0. The van der Waals surface area contributed by atoms with Gasteiger partial charge in [0.15, 0.2) is 0 Å². The maximum atomic E-state index is 0. The summed E-state index contributed by atoms with van der Waals surface area (Å²) in [5.41, 5.74) is 0. The van der Waals surface area contributed by atoms with Crippen LogP contribution in [0, 0.1) is 0 Å². The first-order chi connectivity index (χ1) is 0. The van der Waals surface area contributed by atoms with Gasteiger partial charge >= 0.3 is 92.2 Å². The van der Waals surface area contributed by atoms with Gasteiger partial charge in [-0.25, -0.2) is 0 Å². The topological polar surface area (TPSA) is 0 Å². The van der Waals surface area contributed by atoms with Gasteiger partial charge in [-0.3, -0.25) is 0 Å².